The second-order valence-corrected chi connectivity index (χ2v) is 5.24. The fraction of sp³-hybridized carbons (Fsp3) is 0.400. The molecule has 1 N–H and O–H groups in total. The molecule has 1 aliphatic rings. The smallest absolute Gasteiger partial charge is 0.162 e. The van der Waals surface area contributed by atoms with E-state index in [1.54, 1.807) is 0 Å². The molecule has 0 spiro atoms. The molecule has 2 heterocycles. The van der Waals surface area contributed by atoms with Crippen LogP contribution in [0.1, 0.15) is 13.8 Å². The Morgan fingerprint density at radius 2 is 1.89 bits per heavy atom. The van der Waals surface area contributed by atoms with E-state index < -0.39 is 5.79 Å². The maximum absolute atomic E-state index is 5.66. The Balaban J connectivity index is 1.79. The number of hydrogen-bond acceptors (Lipinski definition) is 4. The molecule has 1 aromatic heterocycles. The molecule has 19 heavy (non-hydrogen) atoms. The third-order valence-corrected chi connectivity index (χ3v) is 3.26. The number of hydrogen-bond donors (Lipinski definition) is 1. The molecule has 2 aromatic rings. The van der Waals surface area contributed by atoms with Gasteiger partial charge >= 0.3 is 0 Å². The van der Waals surface area contributed by atoms with Crippen molar-refractivity contribution >= 4 is 16.6 Å². The number of para-hydroxylation sites is 1. The maximum Gasteiger partial charge on any atom is 0.162 e. The monoisotopic (exact) mass is 258 g/mol. The zero-order valence-corrected chi connectivity index (χ0v) is 11.2. The van der Waals surface area contributed by atoms with Gasteiger partial charge in [0.1, 0.15) is 0 Å². The van der Waals surface area contributed by atoms with Gasteiger partial charge in [-0.05, 0) is 26.0 Å². The summed E-state index contributed by atoms with van der Waals surface area (Å²) in [6.07, 6.45) is 1.81. The summed E-state index contributed by atoms with van der Waals surface area (Å²) in [7, 11) is 0. The van der Waals surface area contributed by atoms with E-state index >= 15 is 0 Å². The number of ether oxygens (including phenoxy) is 2. The quantitative estimate of drug-likeness (QED) is 0.899. The van der Waals surface area contributed by atoms with E-state index in [-0.39, 0.29) is 6.04 Å². The fourth-order valence-electron chi connectivity index (χ4n) is 2.22. The normalized spacial score (nSPS) is 19.5. The van der Waals surface area contributed by atoms with Crippen molar-refractivity contribution in [3.8, 4) is 0 Å². The van der Waals surface area contributed by atoms with Gasteiger partial charge in [0.25, 0.3) is 0 Å². The Morgan fingerprint density at radius 1 is 1.16 bits per heavy atom. The number of benzene rings is 1. The van der Waals surface area contributed by atoms with Crippen LogP contribution < -0.4 is 5.32 Å². The van der Waals surface area contributed by atoms with Gasteiger partial charge in [0.15, 0.2) is 5.79 Å². The van der Waals surface area contributed by atoms with Gasteiger partial charge < -0.3 is 14.8 Å². The summed E-state index contributed by atoms with van der Waals surface area (Å²) in [6, 6.07) is 10.3. The van der Waals surface area contributed by atoms with Gasteiger partial charge in [0.05, 0.1) is 30.5 Å². The van der Waals surface area contributed by atoms with Crippen LogP contribution in [-0.4, -0.2) is 30.0 Å². The predicted octanol–water partition coefficient (Wildman–Crippen LogP) is 2.80. The summed E-state index contributed by atoms with van der Waals surface area (Å²) >= 11 is 0. The molecule has 4 heteroatoms. The highest BCUT2D eigenvalue weighted by molar-refractivity contribution is 5.90. The molecule has 1 fully saturated rings. The molecule has 1 saturated heterocycles. The van der Waals surface area contributed by atoms with E-state index in [0.29, 0.717) is 13.2 Å². The van der Waals surface area contributed by atoms with Crippen LogP contribution in [0.4, 0.5) is 5.69 Å². The minimum Gasteiger partial charge on any atom is -0.376 e. The van der Waals surface area contributed by atoms with Crippen LogP contribution in [0, 0.1) is 0 Å². The summed E-state index contributed by atoms with van der Waals surface area (Å²) in [5.74, 6) is -0.477. The van der Waals surface area contributed by atoms with Gasteiger partial charge in [-0.25, -0.2) is 0 Å². The average molecular weight is 258 g/mol. The topological polar surface area (TPSA) is 43.4 Å². The lowest BCUT2D eigenvalue weighted by molar-refractivity contribution is -0.247. The lowest BCUT2D eigenvalue weighted by atomic mass is 10.1. The zero-order valence-electron chi connectivity index (χ0n) is 11.2. The Labute approximate surface area is 112 Å². The molecule has 1 aromatic carbocycles. The maximum atomic E-state index is 5.66. The number of anilines is 1. The second-order valence-electron chi connectivity index (χ2n) is 5.24. The van der Waals surface area contributed by atoms with Crippen LogP contribution in [0.15, 0.2) is 36.5 Å². The van der Waals surface area contributed by atoms with Crippen molar-refractivity contribution in [1.29, 1.82) is 0 Å². The molecule has 0 radical (unpaired) electrons. The van der Waals surface area contributed by atoms with E-state index in [1.807, 2.05) is 38.2 Å². The molecule has 0 atom stereocenters. The van der Waals surface area contributed by atoms with Gasteiger partial charge in [-0.15, -0.1) is 0 Å². The lowest BCUT2D eigenvalue weighted by Crippen LogP contribution is -2.45. The van der Waals surface area contributed by atoms with E-state index in [4.69, 9.17) is 9.47 Å². The van der Waals surface area contributed by atoms with Crippen LogP contribution in [0.25, 0.3) is 10.9 Å². The third-order valence-electron chi connectivity index (χ3n) is 3.26. The summed E-state index contributed by atoms with van der Waals surface area (Å²) in [4.78, 5) is 4.43. The SMILES string of the molecule is CC1(C)OCC(Nc2cccc3cccnc23)CO1. The molecular weight excluding hydrogens is 240 g/mol. The first kappa shape index (κ1) is 12.4. The molecule has 1 aliphatic heterocycles. The number of nitrogens with one attached hydrogen (secondary N) is 1. The summed E-state index contributed by atoms with van der Waals surface area (Å²) in [5, 5.41) is 4.58. The van der Waals surface area contributed by atoms with Crippen molar-refractivity contribution in [3.63, 3.8) is 0 Å². The molecule has 0 bridgehead atoms. The fourth-order valence-corrected chi connectivity index (χ4v) is 2.22. The summed E-state index contributed by atoms with van der Waals surface area (Å²) in [6.45, 7) is 5.14. The van der Waals surface area contributed by atoms with E-state index in [9.17, 15) is 0 Å². The third kappa shape index (κ3) is 2.69. The molecule has 0 unspecified atom stereocenters. The van der Waals surface area contributed by atoms with E-state index in [0.717, 1.165) is 16.6 Å². The van der Waals surface area contributed by atoms with Crippen LogP contribution in [-0.2, 0) is 9.47 Å². The molecule has 0 amide bonds. The summed E-state index contributed by atoms with van der Waals surface area (Å²) in [5.41, 5.74) is 2.00. The Morgan fingerprint density at radius 3 is 2.68 bits per heavy atom. The largest absolute Gasteiger partial charge is 0.376 e. The van der Waals surface area contributed by atoms with Crippen LogP contribution in [0.3, 0.4) is 0 Å². The van der Waals surface area contributed by atoms with Crippen LogP contribution >= 0.6 is 0 Å². The first-order chi connectivity index (χ1) is 9.14. The van der Waals surface area contributed by atoms with E-state index in [1.165, 1.54) is 0 Å². The lowest BCUT2D eigenvalue weighted by Gasteiger charge is -2.35. The van der Waals surface area contributed by atoms with Crippen LogP contribution in [0.5, 0.6) is 0 Å². The van der Waals surface area contributed by atoms with Crippen molar-refractivity contribution in [2.24, 2.45) is 0 Å². The van der Waals surface area contributed by atoms with Gasteiger partial charge in [-0.3, -0.25) is 4.98 Å². The molecule has 0 saturated carbocycles. The average Bonchev–Trinajstić information content (AvgIpc) is 2.42. The molecule has 0 aliphatic carbocycles. The molecule has 3 rings (SSSR count). The van der Waals surface area contributed by atoms with Gasteiger partial charge in [0.2, 0.25) is 0 Å². The van der Waals surface area contributed by atoms with E-state index in [2.05, 4.69) is 22.4 Å². The Bertz CT molecular complexity index is 568. The zero-order chi connectivity index (χ0) is 13.3. The highest BCUT2D eigenvalue weighted by Gasteiger charge is 2.28. The van der Waals surface area contributed by atoms with Crippen molar-refractivity contribution in [2.45, 2.75) is 25.7 Å². The number of nitrogens with zero attached hydrogens (tertiary/aromatic N) is 1. The number of fused-ring (bicyclic) bond motifs is 1. The summed E-state index contributed by atoms with van der Waals surface area (Å²) < 4.78 is 11.3. The first-order valence-corrected chi connectivity index (χ1v) is 6.52. The Hall–Kier alpha value is -1.65. The number of rotatable bonds is 2. The molecular formula is C15H18N2O2. The van der Waals surface area contributed by atoms with Crippen molar-refractivity contribution in [1.82, 2.24) is 4.98 Å². The first-order valence-electron chi connectivity index (χ1n) is 6.52. The van der Waals surface area contributed by atoms with Gasteiger partial charge in [-0.1, -0.05) is 18.2 Å². The van der Waals surface area contributed by atoms with Crippen LogP contribution in [0.2, 0.25) is 0 Å². The highest BCUT2D eigenvalue weighted by atomic mass is 16.7. The standard InChI is InChI=1S/C15H18N2O2/c1-15(2)18-9-12(10-19-15)17-13-7-3-5-11-6-4-8-16-14(11)13/h3-8,12,17H,9-10H2,1-2H3. The second kappa shape index (κ2) is 4.79. The predicted molar refractivity (Wildman–Crippen MR) is 75.1 cm³/mol. The molecule has 4 nitrogen and oxygen atoms in total. The van der Waals surface area contributed by atoms with Crippen molar-refractivity contribution in [2.75, 3.05) is 18.5 Å². The highest BCUT2D eigenvalue weighted by Crippen LogP contribution is 2.24. The van der Waals surface area contributed by atoms with Crippen molar-refractivity contribution < 1.29 is 9.47 Å². The molecule has 100 valence electrons. The van der Waals surface area contributed by atoms with Gasteiger partial charge in [0, 0.05) is 11.6 Å². The Kier molecular flexibility index (Phi) is 3.12. The minimum atomic E-state index is -0.477. The van der Waals surface area contributed by atoms with Gasteiger partial charge in [-0.2, -0.15) is 0 Å². The minimum absolute atomic E-state index is 0.153. The number of pyridine rings is 1. The van der Waals surface area contributed by atoms with Crippen molar-refractivity contribution in [3.05, 3.63) is 36.5 Å². The number of aromatic nitrogens is 1.